The Kier molecular flexibility index (Phi) is 3.86. The Hall–Kier alpha value is -0.540. The van der Waals surface area contributed by atoms with E-state index in [1.807, 2.05) is 0 Å². The maximum atomic E-state index is 6.09. The normalized spacial score (nSPS) is 21.6. The second-order valence-corrected chi connectivity index (χ2v) is 6.86. The maximum absolute atomic E-state index is 6.09. The number of nitrogens with two attached hydrogens (primary N) is 1. The minimum Gasteiger partial charge on any atom is -0.492 e. The van der Waals surface area contributed by atoms with Gasteiger partial charge in [-0.3, -0.25) is 0 Å². The lowest BCUT2D eigenvalue weighted by Gasteiger charge is -2.29. The van der Waals surface area contributed by atoms with Gasteiger partial charge in [-0.1, -0.05) is 25.0 Å². The van der Waals surface area contributed by atoms with Gasteiger partial charge in [-0.15, -0.1) is 0 Å². The summed E-state index contributed by atoms with van der Waals surface area (Å²) in [6.07, 6.45) is 7.63. The number of benzene rings is 1. The van der Waals surface area contributed by atoms with Gasteiger partial charge < -0.3 is 10.5 Å². The lowest BCUT2D eigenvalue weighted by molar-refractivity contribution is 0.296. The fraction of sp³-hybridized carbons (Fsp3) is 0.625. The van der Waals surface area contributed by atoms with Gasteiger partial charge in [0.25, 0.3) is 0 Å². The molecule has 104 valence electrons. The van der Waals surface area contributed by atoms with Gasteiger partial charge in [-0.25, -0.2) is 0 Å². The van der Waals surface area contributed by atoms with Crippen molar-refractivity contribution < 1.29 is 4.74 Å². The Morgan fingerprint density at radius 3 is 2.63 bits per heavy atom. The summed E-state index contributed by atoms with van der Waals surface area (Å²) in [6.45, 7) is 1.59. The van der Waals surface area contributed by atoms with Crippen LogP contribution in [0.4, 0.5) is 0 Å². The molecule has 1 aromatic rings. The zero-order valence-corrected chi connectivity index (χ0v) is 12.9. The standard InChI is InChI=1S/C16H22BrNO/c17-15-13(16(11-18)8-1-2-9-16)4-3-5-14(15)19-10-12-6-7-12/h3-5,12H,1-2,6-11,18H2. The third-order valence-corrected chi connectivity index (χ3v) is 5.48. The zero-order chi connectivity index (χ0) is 13.3. The van der Waals surface area contributed by atoms with E-state index in [4.69, 9.17) is 10.5 Å². The van der Waals surface area contributed by atoms with Crippen molar-refractivity contribution in [1.82, 2.24) is 0 Å². The van der Waals surface area contributed by atoms with E-state index >= 15 is 0 Å². The largest absolute Gasteiger partial charge is 0.492 e. The van der Waals surface area contributed by atoms with Crippen LogP contribution in [0.1, 0.15) is 44.1 Å². The van der Waals surface area contributed by atoms with Gasteiger partial charge in [0.05, 0.1) is 11.1 Å². The molecule has 3 heteroatoms. The second kappa shape index (κ2) is 5.45. The lowest BCUT2D eigenvalue weighted by atomic mass is 9.79. The molecule has 0 saturated heterocycles. The molecule has 2 N–H and O–H groups in total. The molecule has 0 unspecified atom stereocenters. The summed E-state index contributed by atoms with van der Waals surface area (Å²) in [5, 5.41) is 0. The maximum Gasteiger partial charge on any atom is 0.133 e. The summed E-state index contributed by atoms with van der Waals surface area (Å²) >= 11 is 3.76. The molecule has 2 fully saturated rings. The highest BCUT2D eigenvalue weighted by molar-refractivity contribution is 9.10. The summed E-state index contributed by atoms with van der Waals surface area (Å²) in [7, 11) is 0. The molecule has 0 bridgehead atoms. The van der Waals surface area contributed by atoms with Crippen LogP contribution < -0.4 is 10.5 Å². The molecular formula is C16H22BrNO. The molecule has 0 amide bonds. The number of ether oxygens (including phenoxy) is 1. The van der Waals surface area contributed by atoms with Crippen molar-refractivity contribution in [3.63, 3.8) is 0 Å². The Labute approximate surface area is 123 Å². The number of hydrogen-bond acceptors (Lipinski definition) is 2. The molecule has 0 aliphatic heterocycles. The van der Waals surface area contributed by atoms with Gasteiger partial charge in [0.1, 0.15) is 5.75 Å². The molecule has 0 radical (unpaired) electrons. The molecule has 2 aliphatic rings. The highest BCUT2D eigenvalue weighted by Crippen LogP contribution is 2.45. The van der Waals surface area contributed by atoms with Crippen LogP contribution in [0.25, 0.3) is 0 Å². The first-order valence-corrected chi connectivity index (χ1v) is 8.16. The topological polar surface area (TPSA) is 35.2 Å². The molecule has 0 spiro atoms. The number of halogens is 1. The third-order valence-electron chi connectivity index (χ3n) is 4.66. The van der Waals surface area contributed by atoms with Gasteiger partial charge in [0.15, 0.2) is 0 Å². The first-order chi connectivity index (χ1) is 9.25. The summed E-state index contributed by atoms with van der Waals surface area (Å²) in [4.78, 5) is 0. The van der Waals surface area contributed by atoms with Crippen molar-refractivity contribution in [2.24, 2.45) is 11.7 Å². The van der Waals surface area contributed by atoms with Gasteiger partial charge in [-0.05, 0) is 59.2 Å². The fourth-order valence-corrected chi connectivity index (χ4v) is 3.96. The minimum atomic E-state index is 0.164. The van der Waals surface area contributed by atoms with E-state index in [9.17, 15) is 0 Å². The predicted molar refractivity (Wildman–Crippen MR) is 81.6 cm³/mol. The van der Waals surface area contributed by atoms with Crippen LogP contribution in [0.2, 0.25) is 0 Å². The van der Waals surface area contributed by atoms with E-state index in [2.05, 4.69) is 34.1 Å². The molecule has 1 aromatic carbocycles. The predicted octanol–water partition coefficient (Wildman–Crippen LogP) is 4.01. The number of hydrogen-bond donors (Lipinski definition) is 1. The summed E-state index contributed by atoms with van der Waals surface area (Å²) in [5.74, 6) is 1.77. The monoisotopic (exact) mass is 323 g/mol. The minimum absolute atomic E-state index is 0.164. The van der Waals surface area contributed by atoms with E-state index in [0.717, 1.165) is 29.3 Å². The van der Waals surface area contributed by atoms with Gasteiger partial charge in [0.2, 0.25) is 0 Å². The van der Waals surface area contributed by atoms with Crippen molar-refractivity contribution >= 4 is 15.9 Å². The van der Waals surface area contributed by atoms with E-state index in [1.54, 1.807) is 0 Å². The third kappa shape index (κ3) is 2.68. The van der Waals surface area contributed by atoms with Crippen molar-refractivity contribution in [3.8, 4) is 5.75 Å². The second-order valence-electron chi connectivity index (χ2n) is 6.06. The average molecular weight is 324 g/mol. The smallest absolute Gasteiger partial charge is 0.133 e. The Balaban J connectivity index is 1.85. The van der Waals surface area contributed by atoms with Crippen LogP contribution in [0, 0.1) is 5.92 Å². The van der Waals surface area contributed by atoms with E-state index in [0.29, 0.717) is 0 Å². The first kappa shape index (κ1) is 13.4. The molecule has 2 saturated carbocycles. The van der Waals surface area contributed by atoms with Crippen molar-refractivity contribution in [2.45, 2.75) is 43.9 Å². The zero-order valence-electron chi connectivity index (χ0n) is 11.3. The van der Waals surface area contributed by atoms with Crippen LogP contribution in [0.5, 0.6) is 5.75 Å². The van der Waals surface area contributed by atoms with Gasteiger partial charge >= 0.3 is 0 Å². The average Bonchev–Trinajstić information content (AvgIpc) is 3.13. The molecule has 3 rings (SSSR count). The summed E-state index contributed by atoms with van der Waals surface area (Å²) in [5.41, 5.74) is 7.60. The quantitative estimate of drug-likeness (QED) is 0.888. The highest BCUT2D eigenvalue weighted by Gasteiger charge is 2.36. The molecule has 0 heterocycles. The SMILES string of the molecule is NCC1(c2cccc(OCC3CC3)c2Br)CCCC1. The van der Waals surface area contributed by atoms with Crippen molar-refractivity contribution in [2.75, 3.05) is 13.2 Å². The molecular weight excluding hydrogens is 302 g/mol. The highest BCUT2D eigenvalue weighted by atomic mass is 79.9. The van der Waals surface area contributed by atoms with Gasteiger partial charge in [0, 0.05) is 12.0 Å². The first-order valence-electron chi connectivity index (χ1n) is 7.37. The van der Waals surface area contributed by atoms with E-state index in [1.165, 1.54) is 44.1 Å². The summed E-state index contributed by atoms with van der Waals surface area (Å²) in [6, 6.07) is 6.39. The molecule has 19 heavy (non-hydrogen) atoms. The van der Waals surface area contributed by atoms with E-state index in [-0.39, 0.29) is 5.41 Å². The summed E-state index contributed by atoms with van der Waals surface area (Å²) < 4.78 is 7.09. The Bertz CT molecular complexity index is 450. The Morgan fingerprint density at radius 2 is 2.00 bits per heavy atom. The lowest BCUT2D eigenvalue weighted by Crippen LogP contribution is -2.32. The van der Waals surface area contributed by atoms with Crippen LogP contribution in [-0.2, 0) is 5.41 Å². The van der Waals surface area contributed by atoms with Gasteiger partial charge in [-0.2, -0.15) is 0 Å². The van der Waals surface area contributed by atoms with Crippen LogP contribution in [-0.4, -0.2) is 13.2 Å². The van der Waals surface area contributed by atoms with Crippen LogP contribution >= 0.6 is 15.9 Å². The van der Waals surface area contributed by atoms with Crippen molar-refractivity contribution in [1.29, 1.82) is 0 Å². The molecule has 2 nitrogen and oxygen atoms in total. The van der Waals surface area contributed by atoms with Crippen molar-refractivity contribution in [3.05, 3.63) is 28.2 Å². The van der Waals surface area contributed by atoms with Crippen LogP contribution in [0.15, 0.2) is 22.7 Å². The molecule has 2 aliphatic carbocycles. The molecule has 0 aromatic heterocycles. The molecule has 0 atom stereocenters. The Morgan fingerprint density at radius 1 is 1.26 bits per heavy atom. The number of rotatable bonds is 5. The fourth-order valence-electron chi connectivity index (χ4n) is 3.16. The van der Waals surface area contributed by atoms with Crippen LogP contribution in [0.3, 0.4) is 0 Å². The van der Waals surface area contributed by atoms with E-state index < -0.39 is 0 Å².